The zero-order valence-corrected chi connectivity index (χ0v) is 19.7. The molecule has 4 rings (SSSR count). The summed E-state index contributed by atoms with van der Waals surface area (Å²) >= 11 is 9.47. The number of hydrogen-bond acceptors (Lipinski definition) is 3. The van der Waals surface area contributed by atoms with E-state index in [1.54, 1.807) is 23.5 Å². The first-order chi connectivity index (χ1) is 15.7. The number of nitrogens with one attached hydrogen (secondary N) is 1. The van der Waals surface area contributed by atoms with E-state index in [1.165, 1.54) is 20.9 Å². The van der Waals surface area contributed by atoms with Gasteiger partial charge in [-0.25, -0.2) is 0 Å². The van der Waals surface area contributed by atoms with Crippen LogP contribution in [0.2, 0.25) is 5.02 Å². The van der Waals surface area contributed by atoms with E-state index in [4.69, 9.17) is 11.6 Å². The number of hydrogen-bond donors (Lipinski definition) is 1. The molecule has 0 aliphatic heterocycles. The van der Waals surface area contributed by atoms with Crippen LogP contribution in [-0.4, -0.2) is 5.91 Å². The fraction of sp³-hybridized carbons (Fsp3) is 0.0741. The van der Waals surface area contributed by atoms with Crippen molar-refractivity contribution in [3.63, 3.8) is 0 Å². The second-order valence-electron chi connectivity index (χ2n) is 7.19. The molecule has 0 aromatic heterocycles. The van der Waals surface area contributed by atoms with Gasteiger partial charge < -0.3 is 5.32 Å². The van der Waals surface area contributed by atoms with Gasteiger partial charge in [0.25, 0.3) is 5.91 Å². The van der Waals surface area contributed by atoms with Crippen molar-refractivity contribution in [2.45, 2.75) is 21.3 Å². The standard InChI is InChI=1S/C27H22ClNOS2/c28-23-12-16-26(17-13-23)32-18-20-6-10-22(11-7-20)27(30)29-24-14-8-21(9-15-24)19-31-25-4-2-1-3-5-25/h1-17H,18-19H2,(H,29,30). The Morgan fingerprint density at radius 2 is 1.19 bits per heavy atom. The van der Waals surface area contributed by atoms with Crippen molar-refractivity contribution in [3.05, 3.63) is 125 Å². The molecule has 0 fully saturated rings. The van der Waals surface area contributed by atoms with Gasteiger partial charge in [0.1, 0.15) is 0 Å². The molecule has 0 unspecified atom stereocenters. The molecule has 0 aliphatic carbocycles. The molecule has 1 amide bonds. The van der Waals surface area contributed by atoms with Gasteiger partial charge in [0, 0.05) is 37.6 Å². The smallest absolute Gasteiger partial charge is 0.255 e. The van der Waals surface area contributed by atoms with Crippen LogP contribution in [0.5, 0.6) is 0 Å². The molecule has 0 saturated carbocycles. The van der Waals surface area contributed by atoms with Crippen LogP contribution in [0, 0.1) is 0 Å². The van der Waals surface area contributed by atoms with Crippen molar-refractivity contribution in [3.8, 4) is 0 Å². The van der Waals surface area contributed by atoms with Gasteiger partial charge in [-0.15, -0.1) is 23.5 Å². The van der Waals surface area contributed by atoms with Crippen molar-refractivity contribution in [1.29, 1.82) is 0 Å². The molecule has 2 nitrogen and oxygen atoms in total. The Balaban J connectivity index is 1.28. The summed E-state index contributed by atoms with van der Waals surface area (Å²) in [5, 5.41) is 3.72. The minimum Gasteiger partial charge on any atom is -0.322 e. The first-order valence-electron chi connectivity index (χ1n) is 10.2. The minimum atomic E-state index is -0.103. The highest BCUT2D eigenvalue weighted by molar-refractivity contribution is 7.98. The molecule has 0 radical (unpaired) electrons. The Bertz CT molecular complexity index is 1150. The van der Waals surface area contributed by atoms with Crippen LogP contribution in [0.3, 0.4) is 0 Å². The zero-order valence-electron chi connectivity index (χ0n) is 17.3. The first-order valence-corrected chi connectivity index (χ1v) is 12.6. The predicted molar refractivity (Wildman–Crippen MR) is 138 cm³/mol. The molecular weight excluding hydrogens is 454 g/mol. The number of benzene rings is 4. The van der Waals surface area contributed by atoms with E-state index < -0.39 is 0 Å². The third kappa shape index (κ3) is 6.67. The number of amides is 1. The van der Waals surface area contributed by atoms with E-state index in [2.05, 4.69) is 29.6 Å². The molecule has 4 aromatic carbocycles. The lowest BCUT2D eigenvalue weighted by molar-refractivity contribution is 0.102. The Kier molecular flexibility index (Phi) is 7.94. The summed E-state index contributed by atoms with van der Waals surface area (Å²) in [7, 11) is 0. The lowest BCUT2D eigenvalue weighted by Crippen LogP contribution is -2.11. The van der Waals surface area contributed by atoms with Gasteiger partial charge in [0.05, 0.1) is 0 Å². The molecule has 0 spiro atoms. The molecule has 5 heteroatoms. The van der Waals surface area contributed by atoms with Gasteiger partial charge in [-0.3, -0.25) is 4.79 Å². The van der Waals surface area contributed by atoms with Crippen LogP contribution in [0.4, 0.5) is 5.69 Å². The third-order valence-corrected chi connectivity index (χ3v) is 7.21. The Labute approximate surface area is 202 Å². The van der Waals surface area contributed by atoms with Crippen molar-refractivity contribution < 1.29 is 4.79 Å². The molecular formula is C27H22ClNOS2. The Morgan fingerprint density at radius 3 is 1.78 bits per heavy atom. The summed E-state index contributed by atoms with van der Waals surface area (Å²) in [4.78, 5) is 15.0. The highest BCUT2D eigenvalue weighted by Crippen LogP contribution is 2.25. The summed E-state index contributed by atoms with van der Waals surface area (Å²) in [6.45, 7) is 0. The first kappa shape index (κ1) is 22.5. The Morgan fingerprint density at radius 1 is 0.656 bits per heavy atom. The van der Waals surface area contributed by atoms with Gasteiger partial charge in [-0.2, -0.15) is 0 Å². The van der Waals surface area contributed by atoms with E-state index in [-0.39, 0.29) is 5.91 Å². The lowest BCUT2D eigenvalue weighted by atomic mass is 10.1. The number of rotatable bonds is 8. The Hall–Kier alpha value is -2.66. The van der Waals surface area contributed by atoms with Gasteiger partial charge in [-0.05, 0) is 71.8 Å². The summed E-state index contributed by atoms with van der Waals surface area (Å²) < 4.78 is 0. The second kappa shape index (κ2) is 11.3. The molecule has 0 bridgehead atoms. The number of anilines is 1. The SMILES string of the molecule is O=C(Nc1ccc(CSc2ccccc2)cc1)c1ccc(CSc2ccc(Cl)cc2)cc1. The maximum atomic E-state index is 12.6. The van der Waals surface area contributed by atoms with Gasteiger partial charge in [-0.1, -0.05) is 54.1 Å². The van der Waals surface area contributed by atoms with Crippen molar-refractivity contribution in [2.24, 2.45) is 0 Å². The maximum absolute atomic E-state index is 12.6. The zero-order chi connectivity index (χ0) is 22.2. The molecule has 160 valence electrons. The third-order valence-electron chi connectivity index (χ3n) is 4.80. The van der Waals surface area contributed by atoms with E-state index >= 15 is 0 Å². The second-order valence-corrected chi connectivity index (χ2v) is 9.73. The molecule has 32 heavy (non-hydrogen) atoms. The quantitative estimate of drug-likeness (QED) is 0.260. The summed E-state index contributed by atoms with van der Waals surface area (Å²) in [6, 6.07) is 33.9. The number of thioether (sulfide) groups is 2. The monoisotopic (exact) mass is 475 g/mol. The topological polar surface area (TPSA) is 29.1 Å². The predicted octanol–water partition coefficient (Wildman–Crippen LogP) is 8.18. The highest BCUT2D eigenvalue weighted by Gasteiger charge is 2.07. The van der Waals surface area contributed by atoms with E-state index in [1.807, 2.05) is 78.9 Å². The van der Waals surface area contributed by atoms with Gasteiger partial charge in [0.2, 0.25) is 0 Å². The average molecular weight is 476 g/mol. The van der Waals surface area contributed by atoms with Crippen LogP contribution in [0.15, 0.2) is 113 Å². The van der Waals surface area contributed by atoms with Gasteiger partial charge >= 0.3 is 0 Å². The van der Waals surface area contributed by atoms with Crippen molar-refractivity contribution >= 4 is 46.7 Å². The molecule has 1 N–H and O–H groups in total. The summed E-state index contributed by atoms with van der Waals surface area (Å²) in [5.74, 6) is 1.63. The van der Waals surface area contributed by atoms with Crippen LogP contribution in [-0.2, 0) is 11.5 Å². The minimum absolute atomic E-state index is 0.103. The average Bonchev–Trinajstić information content (AvgIpc) is 2.84. The highest BCUT2D eigenvalue weighted by atomic mass is 35.5. The van der Waals surface area contributed by atoms with Crippen LogP contribution in [0.1, 0.15) is 21.5 Å². The molecule has 0 aliphatic rings. The van der Waals surface area contributed by atoms with Crippen LogP contribution < -0.4 is 5.32 Å². The lowest BCUT2D eigenvalue weighted by Gasteiger charge is -2.08. The van der Waals surface area contributed by atoms with E-state index in [0.717, 1.165) is 22.2 Å². The summed E-state index contributed by atoms with van der Waals surface area (Å²) in [5.41, 5.74) is 3.83. The number of carbonyl (C=O) groups excluding carboxylic acids is 1. The van der Waals surface area contributed by atoms with Crippen LogP contribution >= 0.6 is 35.1 Å². The maximum Gasteiger partial charge on any atom is 0.255 e. The fourth-order valence-electron chi connectivity index (χ4n) is 3.02. The van der Waals surface area contributed by atoms with Crippen molar-refractivity contribution in [1.82, 2.24) is 0 Å². The molecule has 0 heterocycles. The normalized spacial score (nSPS) is 10.7. The van der Waals surface area contributed by atoms with E-state index in [0.29, 0.717) is 5.56 Å². The molecule has 0 atom stereocenters. The molecule has 4 aromatic rings. The fourth-order valence-corrected chi connectivity index (χ4v) is 4.88. The molecule has 0 saturated heterocycles. The number of carbonyl (C=O) groups is 1. The van der Waals surface area contributed by atoms with E-state index in [9.17, 15) is 4.79 Å². The van der Waals surface area contributed by atoms with Gasteiger partial charge in [0.15, 0.2) is 0 Å². The summed E-state index contributed by atoms with van der Waals surface area (Å²) in [6.07, 6.45) is 0. The number of halogens is 1. The van der Waals surface area contributed by atoms with Crippen molar-refractivity contribution in [2.75, 3.05) is 5.32 Å². The largest absolute Gasteiger partial charge is 0.322 e. The van der Waals surface area contributed by atoms with Crippen LogP contribution in [0.25, 0.3) is 0 Å².